The highest BCUT2D eigenvalue weighted by atomic mass is 16.5. The van der Waals surface area contributed by atoms with Crippen molar-refractivity contribution < 1.29 is 14.3 Å². The van der Waals surface area contributed by atoms with Crippen LogP contribution in [0.5, 0.6) is 0 Å². The van der Waals surface area contributed by atoms with Gasteiger partial charge in [0.1, 0.15) is 0 Å². The molecule has 0 saturated heterocycles. The number of carbonyl (C=O) groups excluding carboxylic acids is 2. The standard InChI is InChI=1S/C15H22N2O3/c1-15(2,3)16-10-12(18)17-13(14(19)20-4)11-8-6-5-7-9-11/h5-9,13,16H,10H2,1-4H3,(H,17,18). The second-order valence-corrected chi connectivity index (χ2v) is 5.54. The first-order chi connectivity index (χ1) is 9.33. The first-order valence-electron chi connectivity index (χ1n) is 6.50. The largest absolute Gasteiger partial charge is 0.467 e. The highest BCUT2D eigenvalue weighted by Crippen LogP contribution is 2.13. The van der Waals surface area contributed by atoms with Gasteiger partial charge in [-0.05, 0) is 26.3 Å². The zero-order chi connectivity index (χ0) is 15.2. The molecule has 0 fully saturated rings. The van der Waals surface area contributed by atoms with E-state index in [-0.39, 0.29) is 18.0 Å². The molecular formula is C15H22N2O3. The van der Waals surface area contributed by atoms with Crippen LogP contribution in [0.2, 0.25) is 0 Å². The molecule has 1 aromatic rings. The molecule has 1 amide bonds. The molecule has 1 rings (SSSR count). The minimum Gasteiger partial charge on any atom is -0.467 e. The van der Waals surface area contributed by atoms with Gasteiger partial charge in [-0.2, -0.15) is 0 Å². The summed E-state index contributed by atoms with van der Waals surface area (Å²) in [6, 6.07) is 8.24. The zero-order valence-corrected chi connectivity index (χ0v) is 12.4. The molecule has 0 radical (unpaired) electrons. The molecule has 20 heavy (non-hydrogen) atoms. The monoisotopic (exact) mass is 278 g/mol. The Balaban J connectivity index is 2.72. The molecule has 110 valence electrons. The maximum absolute atomic E-state index is 11.9. The molecule has 5 heteroatoms. The van der Waals surface area contributed by atoms with Crippen molar-refractivity contribution in [1.82, 2.24) is 10.6 Å². The Hall–Kier alpha value is -1.88. The lowest BCUT2D eigenvalue weighted by atomic mass is 10.1. The lowest BCUT2D eigenvalue weighted by molar-refractivity contribution is -0.145. The van der Waals surface area contributed by atoms with Gasteiger partial charge in [0.15, 0.2) is 6.04 Å². The fourth-order valence-electron chi connectivity index (χ4n) is 1.60. The first-order valence-corrected chi connectivity index (χ1v) is 6.50. The number of rotatable bonds is 5. The van der Waals surface area contributed by atoms with Gasteiger partial charge in [-0.15, -0.1) is 0 Å². The van der Waals surface area contributed by atoms with E-state index < -0.39 is 12.0 Å². The summed E-state index contributed by atoms with van der Waals surface area (Å²) in [4.78, 5) is 23.7. The van der Waals surface area contributed by atoms with Gasteiger partial charge in [-0.25, -0.2) is 4.79 Å². The number of amides is 1. The predicted octanol–water partition coefficient (Wildman–Crippen LogP) is 1.40. The molecule has 2 N–H and O–H groups in total. The van der Waals surface area contributed by atoms with E-state index in [1.165, 1.54) is 7.11 Å². The van der Waals surface area contributed by atoms with Crippen LogP contribution >= 0.6 is 0 Å². The summed E-state index contributed by atoms with van der Waals surface area (Å²) in [6.07, 6.45) is 0. The highest BCUT2D eigenvalue weighted by Gasteiger charge is 2.23. The van der Waals surface area contributed by atoms with Gasteiger partial charge < -0.3 is 15.4 Å². The van der Waals surface area contributed by atoms with Crippen molar-refractivity contribution in [3.8, 4) is 0 Å². The summed E-state index contributed by atoms with van der Waals surface area (Å²) < 4.78 is 4.74. The van der Waals surface area contributed by atoms with Crippen LogP contribution in [-0.4, -0.2) is 31.1 Å². The number of benzene rings is 1. The van der Waals surface area contributed by atoms with E-state index in [1.807, 2.05) is 39.0 Å². The summed E-state index contributed by atoms with van der Waals surface area (Å²) in [5, 5.41) is 5.75. The summed E-state index contributed by atoms with van der Waals surface area (Å²) in [6.45, 7) is 6.05. The quantitative estimate of drug-likeness (QED) is 0.799. The van der Waals surface area contributed by atoms with Crippen LogP contribution in [0.15, 0.2) is 30.3 Å². The molecule has 0 bridgehead atoms. The molecule has 0 aromatic heterocycles. The molecule has 1 atom stereocenters. The van der Waals surface area contributed by atoms with Crippen molar-refractivity contribution in [3.05, 3.63) is 35.9 Å². The maximum atomic E-state index is 11.9. The molecule has 1 aromatic carbocycles. The average molecular weight is 278 g/mol. The van der Waals surface area contributed by atoms with Gasteiger partial charge in [0, 0.05) is 5.54 Å². The van der Waals surface area contributed by atoms with Crippen LogP contribution in [0.1, 0.15) is 32.4 Å². The Morgan fingerprint density at radius 2 is 1.80 bits per heavy atom. The normalized spacial score (nSPS) is 12.6. The Labute approximate surface area is 119 Å². The molecule has 0 heterocycles. The third-order valence-corrected chi connectivity index (χ3v) is 2.65. The first kappa shape index (κ1) is 16.2. The van der Waals surface area contributed by atoms with E-state index in [0.29, 0.717) is 5.56 Å². The second kappa shape index (κ2) is 7.05. The van der Waals surface area contributed by atoms with E-state index in [0.717, 1.165) is 0 Å². The predicted molar refractivity (Wildman–Crippen MR) is 77.1 cm³/mol. The molecule has 0 spiro atoms. The van der Waals surface area contributed by atoms with Gasteiger partial charge >= 0.3 is 5.97 Å². The average Bonchev–Trinajstić information content (AvgIpc) is 2.42. The molecular weight excluding hydrogens is 256 g/mol. The fraction of sp³-hybridized carbons (Fsp3) is 0.467. The van der Waals surface area contributed by atoms with Gasteiger partial charge in [-0.1, -0.05) is 30.3 Å². The Kier molecular flexibility index (Phi) is 5.70. The van der Waals surface area contributed by atoms with Crippen LogP contribution < -0.4 is 10.6 Å². The van der Waals surface area contributed by atoms with Crippen molar-refractivity contribution in [2.24, 2.45) is 0 Å². The zero-order valence-electron chi connectivity index (χ0n) is 12.4. The highest BCUT2D eigenvalue weighted by molar-refractivity contribution is 5.86. The molecule has 1 unspecified atom stereocenters. The van der Waals surface area contributed by atoms with Gasteiger partial charge in [0.2, 0.25) is 5.91 Å². The van der Waals surface area contributed by atoms with Crippen LogP contribution in [0.25, 0.3) is 0 Å². The third-order valence-electron chi connectivity index (χ3n) is 2.65. The van der Waals surface area contributed by atoms with E-state index in [2.05, 4.69) is 10.6 Å². The van der Waals surface area contributed by atoms with Crippen LogP contribution in [0.4, 0.5) is 0 Å². The number of nitrogens with one attached hydrogen (secondary N) is 2. The molecule has 0 aliphatic heterocycles. The minimum absolute atomic E-state index is 0.143. The summed E-state index contributed by atoms with van der Waals surface area (Å²) in [7, 11) is 1.30. The maximum Gasteiger partial charge on any atom is 0.333 e. The lowest BCUT2D eigenvalue weighted by Gasteiger charge is -2.22. The number of hydrogen-bond donors (Lipinski definition) is 2. The Morgan fingerprint density at radius 3 is 2.30 bits per heavy atom. The Bertz CT molecular complexity index is 452. The topological polar surface area (TPSA) is 67.4 Å². The van der Waals surface area contributed by atoms with Gasteiger partial charge in [-0.3, -0.25) is 4.79 Å². The van der Waals surface area contributed by atoms with Crippen LogP contribution in [0, 0.1) is 0 Å². The molecule has 0 aliphatic carbocycles. The van der Waals surface area contributed by atoms with E-state index >= 15 is 0 Å². The third kappa shape index (κ3) is 5.40. The number of hydrogen-bond acceptors (Lipinski definition) is 4. The Morgan fingerprint density at radius 1 is 1.20 bits per heavy atom. The molecule has 0 aliphatic rings. The van der Waals surface area contributed by atoms with E-state index in [1.54, 1.807) is 12.1 Å². The second-order valence-electron chi connectivity index (χ2n) is 5.54. The summed E-state index contributed by atoms with van der Waals surface area (Å²) in [5.41, 5.74) is 0.536. The SMILES string of the molecule is COC(=O)C(NC(=O)CNC(C)(C)C)c1ccccc1. The van der Waals surface area contributed by atoms with E-state index in [4.69, 9.17) is 4.74 Å². The van der Waals surface area contributed by atoms with E-state index in [9.17, 15) is 9.59 Å². The van der Waals surface area contributed by atoms with Crippen molar-refractivity contribution in [3.63, 3.8) is 0 Å². The van der Waals surface area contributed by atoms with Crippen molar-refractivity contribution in [1.29, 1.82) is 0 Å². The smallest absolute Gasteiger partial charge is 0.333 e. The van der Waals surface area contributed by atoms with Crippen LogP contribution in [0.3, 0.4) is 0 Å². The molecule has 5 nitrogen and oxygen atoms in total. The molecule has 0 saturated carbocycles. The fourth-order valence-corrected chi connectivity index (χ4v) is 1.60. The van der Waals surface area contributed by atoms with Crippen molar-refractivity contribution >= 4 is 11.9 Å². The van der Waals surface area contributed by atoms with Gasteiger partial charge in [0.05, 0.1) is 13.7 Å². The summed E-state index contributed by atoms with van der Waals surface area (Å²) >= 11 is 0. The van der Waals surface area contributed by atoms with Gasteiger partial charge in [0.25, 0.3) is 0 Å². The number of methoxy groups -OCH3 is 1. The minimum atomic E-state index is -0.782. The van der Waals surface area contributed by atoms with Crippen molar-refractivity contribution in [2.45, 2.75) is 32.4 Å². The van der Waals surface area contributed by atoms with Crippen molar-refractivity contribution in [2.75, 3.05) is 13.7 Å². The van der Waals surface area contributed by atoms with Crippen LogP contribution in [-0.2, 0) is 14.3 Å². The number of carbonyl (C=O) groups is 2. The lowest BCUT2D eigenvalue weighted by Crippen LogP contribution is -2.45. The number of esters is 1. The number of ether oxygens (including phenoxy) is 1. The summed E-state index contributed by atoms with van der Waals surface area (Å²) in [5.74, 6) is -0.737.